The van der Waals surface area contributed by atoms with Gasteiger partial charge in [-0.05, 0) is 32.9 Å². The molecule has 21 heavy (non-hydrogen) atoms. The number of carbonyl (C=O) groups is 1. The second kappa shape index (κ2) is 7.62. The van der Waals surface area contributed by atoms with Crippen LogP contribution in [0.1, 0.15) is 26.5 Å². The number of aliphatic hydroxyl groups is 1. The number of ether oxygens (including phenoxy) is 1. The van der Waals surface area contributed by atoms with Crippen LogP contribution < -0.4 is 10.6 Å². The van der Waals surface area contributed by atoms with Crippen molar-refractivity contribution in [3.05, 3.63) is 24.0 Å². The molecule has 0 aromatic carbocycles. The number of hydrogen-bond acceptors (Lipinski definition) is 5. The van der Waals surface area contributed by atoms with E-state index in [0.29, 0.717) is 12.2 Å². The minimum Gasteiger partial charge on any atom is -0.443 e. The zero-order chi connectivity index (χ0) is 15.9. The first-order valence-electron chi connectivity index (χ1n) is 6.59. The first kappa shape index (κ1) is 17.0. The zero-order valence-electron chi connectivity index (χ0n) is 12.6. The van der Waals surface area contributed by atoms with Crippen LogP contribution >= 0.6 is 0 Å². The molecule has 1 heterocycles. The molecule has 0 spiro atoms. The van der Waals surface area contributed by atoms with Crippen molar-refractivity contribution < 1.29 is 14.6 Å². The first-order chi connectivity index (χ1) is 9.87. The van der Waals surface area contributed by atoms with Gasteiger partial charge in [-0.25, -0.2) is 4.79 Å². The molecule has 1 rings (SSSR count). The van der Waals surface area contributed by atoms with Crippen molar-refractivity contribution in [1.82, 2.24) is 4.98 Å². The molecule has 1 aromatic rings. The van der Waals surface area contributed by atoms with Gasteiger partial charge < -0.3 is 15.6 Å². The van der Waals surface area contributed by atoms with Crippen LogP contribution in [0.15, 0.2) is 18.3 Å². The summed E-state index contributed by atoms with van der Waals surface area (Å²) in [6, 6.07) is 3.48. The summed E-state index contributed by atoms with van der Waals surface area (Å²) in [7, 11) is 0. The molecule has 0 bridgehead atoms. The van der Waals surface area contributed by atoms with Crippen LogP contribution in [0.25, 0.3) is 0 Å². The summed E-state index contributed by atoms with van der Waals surface area (Å²) in [5, 5.41) is 8.71. The average Bonchev–Trinajstić information content (AvgIpc) is 2.42. The lowest BCUT2D eigenvalue weighted by atomic mass is 10.2. The number of pyridine rings is 1. The second-order valence-electron chi connectivity index (χ2n) is 5.29. The van der Waals surface area contributed by atoms with E-state index in [1.54, 1.807) is 39.1 Å². The Hall–Kier alpha value is -2.10. The van der Waals surface area contributed by atoms with Gasteiger partial charge in [0, 0.05) is 6.54 Å². The summed E-state index contributed by atoms with van der Waals surface area (Å²) >= 11 is 0. The summed E-state index contributed by atoms with van der Waals surface area (Å²) in [6.07, 6.45) is 1.03. The summed E-state index contributed by atoms with van der Waals surface area (Å²) in [6.45, 7) is 5.55. The largest absolute Gasteiger partial charge is 0.443 e. The van der Waals surface area contributed by atoms with Gasteiger partial charge in [-0.15, -0.1) is 0 Å². The Kier molecular flexibility index (Phi) is 6.15. The number of rotatable bonds is 3. The third kappa shape index (κ3) is 5.81. The highest BCUT2D eigenvalue weighted by Gasteiger charge is 2.23. The van der Waals surface area contributed by atoms with E-state index >= 15 is 0 Å². The van der Waals surface area contributed by atoms with Gasteiger partial charge in [-0.2, -0.15) is 0 Å². The quantitative estimate of drug-likeness (QED) is 0.819. The predicted molar refractivity (Wildman–Crippen MR) is 80.6 cm³/mol. The maximum absolute atomic E-state index is 12.2. The summed E-state index contributed by atoms with van der Waals surface area (Å²) in [5.74, 6) is 5.21. The van der Waals surface area contributed by atoms with Crippen LogP contribution in [-0.2, 0) is 11.3 Å². The molecule has 0 radical (unpaired) electrons. The maximum Gasteiger partial charge on any atom is 0.415 e. The SMILES string of the molecule is CC(C)(C)OC(=O)N(CC#CCO)c1ccc(CN)nc1. The van der Waals surface area contributed by atoms with E-state index < -0.39 is 11.7 Å². The number of aliphatic hydroxyl groups excluding tert-OH is 1. The zero-order valence-corrected chi connectivity index (χ0v) is 12.6. The minimum atomic E-state index is -0.607. The van der Waals surface area contributed by atoms with Crippen LogP contribution in [0.5, 0.6) is 0 Å². The van der Waals surface area contributed by atoms with E-state index in [2.05, 4.69) is 16.8 Å². The standard InChI is InChI=1S/C15H21N3O3/c1-15(2,3)21-14(20)18(8-4-5-9-19)13-7-6-12(10-16)17-11-13/h6-7,11,19H,8-10,16H2,1-3H3. The molecule has 0 unspecified atom stereocenters. The summed E-state index contributed by atoms with van der Waals surface area (Å²) in [4.78, 5) is 17.7. The molecule has 0 fully saturated rings. The molecule has 0 atom stereocenters. The van der Waals surface area contributed by atoms with E-state index in [0.717, 1.165) is 5.69 Å². The van der Waals surface area contributed by atoms with Crippen LogP contribution in [0.2, 0.25) is 0 Å². The molecule has 6 heteroatoms. The van der Waals surface area contributed by atoms with Crippen molar-refractivity contribution in [2.24, 2.45) is 5.73 Å². The van der Waals surface area contributed by atoms with Crippen LogP contribution in [0.4, 0.5) is 10.5 Å². The van der Waals surface area contributed by atoms with Crippen LogP contribution in [-0.4, -0.2) is 34.9 Å². The van der Waals surface area contributed by atoms with Crippen LogP contribution in [0.3, 0.4) is 0 Å². The molecule has 0 aliphatic carbocycles. The lowest BCUT2D eigenvalue weighted by molar-refractivity contribution is 0.0585. The third-order valence-electron chi connectivity index (χ3n) is 2.39. The van der Waals surface area contributed by atoms with E-state index in [1.165, 1.54) is 4.90 Å². The molecular weight excluding hydrogens is 270 g/mol. The fourth-order valence-electron chi connectivity index (χ4n) is 1.47. The van der Waals surface area contributed by atoms with E-state index in [9.17, 15) is 4.79 Å². The first-order valence-corrected chi connectivity index (χ1v) is 6.59. The lowest BCUT2D eigenvalue weighted by Crippen LogP contribution is -2.37. The molecule has 0 aliphatic rings. The Morgan fingerprint density at radius 1 is 1.43 bits per heavy atom. The van der Waals surface area contributed by atoms with E-state index in [-0.39, 0.29) is 13.2 Å². The molecule has 3 N–H and O–H groups in total. The molecule has 1 aromatic heterocycles. The van der Waals surface area contributed by atoms with Gasteiger partial charge in [0.2, 0.25) is 0 Å². The molecule has 6 nitrogen and oxygen atoms in total. The minimum absolute atomic E-state index is 0.110. The summed E-state index contributed by atoms with van der Waals surface area (Å²) in [5.41, 5.74) is 6.18. The van der Waals surface area contributed by atoms with Gasteiger partial charge in [0.15, 0.2) is 0 Å². The number of aromatic nitrogens is 1. The molecule has 0 aliphatic heterocycles. The summed E-state index contributed by atoms with van der Waals surface area (Å²) < 4.78 is 5.35. The van der Waals surface area contributed by atoms with E-state index in [1.807, 2.05) is 0 Å². The van der Waals surface area contributed by atoms with Crippen molar-refractivity contribution in [3.8, 4) is 11.8 Å². The van der Waals surface area contributed by atoms with Crippen molar-refractivity contribution in [2.75, 3.05) is 18.1 Å². The van der Waals surface area contributed by atoms with Gasteiger partial charge in [0.05, 0.1) is 24.1 Å². The Morgan fingerprint density at radius 2 is 2.14 bits per heavy atom. The Morgan fingerprint density at radius 3 is 2.62 bits per heavy atom. The monoisotopic (exact) mass is 291 g/mol. The van der Waals surface area contributed by atoms with E-state index in [4.69, 9.17) is 15.6 Å². The van der Waals surface area contributed by atoms with Crippen molar-refractivity contribution in [3.63, 3.8) is 0 Å². The highest BCUT2D eigenvalue weighted by Crippen LogP contribution is 2.17. The predicted octanol–water partition coefficient (Wildman–Crippen LogP) is 1.28. The number of carbonyl (C=O) groups excluding carboxylic acids is 1. The Bertz CT molecular complexity index is 524. The van der Waals surface area contributed by atoms with Gasteiger partial charge in [-0.1, -0.05) is 11.8 Å². The molecular formula is C15H21N3O3. The van der Waals surface area contributed by atoms with Crippen LogP contribution in [0, 0.1) is 11.8 Å². The highest BCUT2D eigenvalue weighted by molar-refractivity contribution is 5.88. The smallest absolute Gasteiger partial charge is 0.415 e. The lowest BCUT2D eigenvalue weighted by Gasteiger charge is -2.26. The topological polar surface area (TPSA) is 88.7 Å². The van der Waals surface area contributed by atoms with Crippen molar-refractivity contribution in [2.45, 2.75) is 32.9 Å². The molecule has 114 valence electrons. The molecule has 0 saturated heterocycles. The number of nitrogens with two attached hydrogens (primary N) is 1. The second-order valence-corrected chi connectivity index (χ2v) is 5.29. The van der Waals surface area contributed by atoms with Gasteiger partial charge in [0.25, 0.3) is 0 Å². The van der Waals surface area contributed by atoms with Crippen molar-refractivity contribution >= 4 is 11.8 Å². The fraction of sp³-hybridized carbons (Fsp3) is 0.467. The van der Waals surface area contributed by atoms with Gasteiger partial charge in [0.1, 0.15) is 12.2 Å². The highest BCUT2D eigenvalue weighted by atomic mass is 16.6. The number of nitrogens with zero attached hydrogens (tertiary/aromatic N) is 2. The maximum atomic E-state index is 12.2. The van der Waals surface area contributed by atoms with Gasteiger partial charge >= 0.3 is 6.09 Å². The number of anilines is 1. The van der Waals surface area contributed by atoms with Gasteiger partial charge in [-0.3, -0.25) is 9.88 Å². The normalized spacial score (nSPS) is 10.5. The molecule has 0 saturated carbocycles. The third-order valence-corrected chi connectivity index (χ3v) is 2.39. The average molecular weight is 291 g/mol. The Labute approximate surface area is 124 Å². The Balaban J connectivity index is 2.97. The molecule has 1 amide bonds. The number of amides is 1. The van der Waals surface area contributed by atoms with Crippen molar-refractivity contribution in [1.29, 1.82) is 0 Å². The fourth-order valence-corrected chi connectivity index (χ4v) is 1.47. The number of hydrogen-bond donors (Lipinski definition) is 2.